The Labute approximate surface area is 101 Å². The van der Waals surface area contributed by atoms with Crippen molar-refractivity contribution in [1.29, 1.82) is 0 Å². The Balaban J connectivity index is 4.83. The fourth-order valence-corrected chi connectivity index (χ4v) is 1.95. The van der Waals surface area contributed by atoms with Crippen LogP contribution in [0.3, 0.4) is 0 Å². The van der Waals surface area contributed by atoms with Gasteiger partial charge in [-0.15, -0.1) is 0 Å². The van der Waals surface area contributed by atoms with Gasteiger partial charge in [-0.3, -0.25) is 19.2 Å². The molecule has 2 unspecified atom stereocenters. The highest BCUT2D eigenvalue weighted by Gasteiger charge is 2.35. The molecule has 0 amide bonds. The first-order valence-electron chi connectivity index (χ1n) is 4.56. The van der Waals surface area contributed by atoms with E-state index < -0.39 is 36.2 Å². The maximum Gasteiger partial charge on any atom is 0.308 e. The summed E-state index contributed by atoms with van der Waals surface area (Å²) < 4.78 is 0. The molecule has 0 aliphatic heterocycles. The summed E-state index contributed by atoms with van der Waals surface area (Å²) in [4.78, 5) is 42.8. The Morgan fingerprint density at radius 2 is 1.47 bits per heavy atom. The summed E-state index contributed by atoms with van der Waals surface area (Å²) >= 11 is 0.665. The van der Waals surface area contributed by atoms with Gasteiger partial charge in [-0.05, 0) is 0 Å². The number of rotatable bonds is 7. The summed E-state index contributed by atoms with van der Waals surface area (Å²) in [5, 5.41) is 25.8. The van der Waals surface area contributed by atoms with Crippen LogP contribution in [0.4, 0.5) is 0 Å². The van der Waals surface area contributed by atoms with E-state index >= 15 is 0 Å². The Morgan fingerprint density at radius 3 is 1.76 bits per heavy atom. The van der Waals surface area contributed by atoms with Gasteiger partial charge in [-0.25, -0.2) is 0 Å². The summed E-state index contributed by atoms with van der Waals surface area (Å²) in [5.74, 6) is -7.52. The van der Waals surface area contributed by atoms with E-state index in [1.165, 1.54) is 6.92 Å². The number of carbonyl (C=O) groups is 4. The van der Waals surface area contributed by atoms with Crippen molar-refractivity contribution in [2.24, 2.45) is 11.8 Å². The zero-order chi connectivity index (χ0) is 13.6. The molecule has 0 aromatic rings. The Hall–Kier alpha value is -1.57. The first-order chi connectivity index (χ1) is 7.75. The van der Waals surface area contributed by atoms with E-state index in [1.54, 1.807) is 0 Å². The molecule has 3 N–H and O–H groups in total. The number of carbonyl (C=O) groups excluding carboxylic acids is 1. The van der Waals surface area contributed by atoms with Crippen molar-refractivity contribution in [2.75, 3.05) is 5.75 Å². The van der Waals surface area contributed by atoms with Gasteiger partial charge in [0.05, 0.1) is 18.3 Å². The fraction of sp³-hybridized carbons (Fsp3) is 0.556. The van der Waals surface area contributed by atoms with Crippen LogP contribution in [-0.4, -0.2) is 44.1 Å². The third-order valence-electron chi connectivity index (χ3n) is 1.98. The van der Waals surface area contributed by atoms with Crippen molar-refractivity contribution in [3.05, 3.63) is 0 Å². The van der Waals surface area contributed by atoms with E-state index in [0.717, 1.165) is 0 Å². The fourth-order valence-electron chi connectivity index (χ4n) is 1.16. The molecule has 2 atom stereocenters. The number of carboxylic acid groups (broad SMARTS) is 3. The minimum absolute atomic E-state index is 0.255. The summed E-state index contributed by atoms with van der Waals surface area (Å²) in [6.45, 7) is 1.22. The number of hydrogen-bond acceptors (Lipinski definition) is 5. The van der Waals surface area contributed by atoms with Crippen molar-refractivity contribution in [1.82, 2.24) is 0 Å². The molecule has 17 heavy (non-hydrogen) atoms. The van der Waals surface area contributed by atoms with E-state index in [2.05, 4.69) is 0 Å². The lowest BCUT2D eigenvalue weighted by atomic mass is 9.91. The topological polar surface area (TPSA) is 129 Å². The van der Waals surface area contributed by atoms with Crippen LogP contribution in [0.15, 0.2) is 0 Å². The third-order valence-corrected chi connectivity index (χ3v) is 2.91. The van der Waals surface area contributed by atoms with Crippen molar-refractivity contribution in [2.45, 2.75) is 13.3 Å². The van der Waals surface area contributed by atoms with Crippen molar-refractivity contribution in [3.8, 4) is 0 Å². The Bertz CT molecular complexity index is 338. The standard InChI is InChI=1S/C9H12O7S/c1-4(10)17-3-6(9(15)16)5(8(13)14)2-7(11)12/h5-6H,2-3H2,1H3,(H,11,12)(H,13,14)(H,15,16). The summed E-state index contributed by atoms with van der Waals surface area (Å²) in [5.41, 5.74) is 0. The third kappa shape index (κ3) is 5.91. The predicted octanol–water partition coefficient (Wildman–Crippen LogP) is 0.142. The maximum atomic E-state index is 10.9. The van der Waals surface area contributed by atoms with E-state index in [-0.39, 0.29) is 10.9 Å². The van der Waals surface area contributed by atoms with E-state index in [9.17, 15) is 19.2 Å². The molecule has 0 bridgehead atoms. The molecule has 0 aromatic carbocycles. The number of thioether (sulfide) groups is 1. The van der Waals surface area contributed by atoms with E-state index in [1.807, 2.05) is 0 Å². The van der Waals surface area contributed by atoms with Gasteiger partial charge < -0.3 is 15.3 Å². The Morgan fingerprint density at radius 1 is 1.00 bits per heavy atom. The summed E-state index contributed by atoms with van der Waals surface area (Å²) in [6.07, 6.45) is -0.787. The molecule has 0 aromatic heterocycles. The van der Waals surface area contributed by atoms with Crippen LogP contribution < -0.4 is 0 Å². The lowest BCUT2D eigenvalue weighted by Crippen LogP contribution is -2.33. The van der Waals surface area contributed by atoms with Gasteiger partial charge in [0.15, 0.2) is 5.12 Å². The second-order valence-electron chi connectivity index (χ2n) is 3.29. The summed E-state index contributed by atoms with van der Waals surface area (Å²) in [7, 11) is 0. The van der Waals surface area contributed by atoms with Gasteiger partial charge in [-0.2, -0.15) is 0 Å². The highest BCUT2D eigenvalue weighted by atomic mass is 32.2. The molecule has 0 aliphatic rings. The second-order valence-corrected chi connectivity index (χ2v) is 4.49. The molecule has 0 saturated carbocycles. The average Bonchev–Trinajstić information content (AvgIpc) is 2.14. The van der Waals surface area contributed by atoms with Crippen LogP contribution in [0, 0.1) is 11.8 Å². The number of carboxylic acids is 3. The molecule has 0 rings (SSSR count). The van der Waals surface area contributed by atoms with Crippen molar-refractivity contribution < 1.29 is 34.5 Å². The zero-order valence-electron chi connectivity index (χ0n) is 8.95. The molecule has 0 heterocycles. The largest absolute Gasteiger partial charge is 0.481 e. The minimum Gasteiger partial charge on any atom is -0.481 e. The van der Waals surface area contributed by atoms with E-state index in [0.29, 0.717) is 11.8 Å². The SMILES string of the molecule is CC(=O)SCC(C(=O)O)C(CC(=O)O)C(=O)O. The highest BCUT2D eigenvalue weighted by molar-refractivity contribution is 8.13. The lowest BCUT2D eigenvalue weighted by Gasteiger charge is -2.17. The molecule has 0 fully saturated rings. The molecular formula is C9H12O7S. The monoisotopic (exact) mass is 264 g/mol. The van der Waals surface area contributed by atoms with Crippen LogP contribution in [0.2, 0.25) is 0 Å². The summed E-state index contributed by atoms with van der Waals surface area (Å²) in [6, 6.07) is 0. The molecular weight excluding hydrogens is 252 g/mol. The first-order valence-corrected chi connectivity index (χ1v) is 5.55. The number of hydrogen-bond donors (Lipinski definition) is 3. The molecule has 8 heteroatoms. The molecule has 0 spiro atoms. The van der Waals surface area contributed by atoms with Crippen LogP contribution >= 0.6 is 11.8 Å². The molecule has 0 aliphatic carbocycles. The van der Waals surface area contributed by atoms with Crippen LogP contribution in [0.1, 0.15) is 13.3 Å². The number of aliphatic carboxylic acids is 3. The van der Waals surface area contributed by atoms with Gasteiger partial charge in [0.25, 0.3) is 0 Å². The lowest BCUT2D eigenvalue weighted by molar-refractivity contribution is -0.156. The van der Waals surface area contributed by atoms with Crippen molar-refractivity contribution >= 4 is 34.8 Å². The highest BCUT2D eigenvalue weighted by Crippen LogP contribution is 2.22. The van der Waals surface area contributed by atoms with Gasteiger partial charge in [-0.1, -0.05) is 11.8 Å². The van der Waals surface area contributed by atoms with Gasteiger partial charge in [0, 0.05) is 12.7 Å². The smallest absolute Gasteiger partial charge is 0.308 e. The van der Waals surface area contributed by atoms with Gasteiger partial charge >= 0.3 is 17.9 Å². The molecule has 96 valence electrons. The van der Waals surface area contributed by atoms with Crippen LogP contribution in [-0.2, 0) is 19.2 Å². The normalized spacial score (nSPS) is 13.7. The van der Waals surface area contributed by atoms with Crippen molar-refractivity contribution in [3.63, 3.8) is 0 Å². The molecule has 7 nitrogen and oxygen atoms in total. The molecule has 0 saturated heterocycles. The maximum absolute atomic E-state index is 10.9. The second kappa shape index (κ2) is 6.89. The van der Waals surface area contributed by atoms with Gasteiger partial charge in [0.1, 0.15) is 0 Å². The minimum atomic E-state index is -1.54. The van der Waals surface area contributed by atoms with Gasteiger partial charge in [0.2, 0.25) is 0 Å². The first kappa shape index (κ1) is 15.4. The van der Waals surface area contributed by atoms with Crippen LogP contribution in [0.5, 0.6) is 0 Å². The average molecular weight is 264 g/mol. The Kier molecular flexibility index (Phi) is 6.26. The van der Waals surface area contributed by atoms with E-state index in [4.69, 9.17) is 15.3 Å². The molecule has 0 radical (unpaired) electrons. The predicted molar refractivity (Wildman–Crippen MR) is 57.6 cm³/mol. The quantitative estimate of drug-likeness (QED) is 0.592. The zero-order valence-corrected chi connectivity index (χ0v) is 9.77. The van der Waals surface area contributed by atoms with Crippen LogP contribution in [0.25, 0.3) is 0 Å².